The first-order chi connectivity index (χ1) is 7.72. The van der Waals surface area contributed by atoms with Crippen LogP contribution >= 0.6 is 0 Å². The summed E-state index contributed by atoms with van der Waals surface area (Å²) >= 11 is 0. The van der Waals surface area contributed by atoms with Crippen LogP contribution in [0.15, 0.2) is 35.1 Å². The molecule has 4 heteroatoms. The van der Waals surface area contributed by atoms with E-state index in [9.17, 15) is 9.90 Å². The number of hydrogen-bond acceptors (Lipinski definition) is 3. The Hall–Kier alpha value is -2.10. The molecule has 1 aromatic carbocycles. The molecular weight excluding hydrogens is 204 g/mol. The molecule has 0 unspecified atom stereocenters. The van der Waals surface area contributed by atoms with Crippen molar-refractivity contribution in [3.8, 4) is 17.3 Å². The fraction of sp³-hybridized carbons (Fsp3) is 0.167. The van der Waals surface area contributed by atoms with Crippen molar-refractivity contribution in [3.63, 3.8) is 0 Å². The average molecular weight is 216 g/mol. The lowest BCUT2D eigenvalue weighted by atomic mass is 10.2. The van der Waals surface area contributed by atoms with Gasteiger partial charge in [0.2, 0.25) is 5.88 Å². The number of aromatic hydroxyl groups is 1. The molecule has 0 aliphatic heterocycles. The number of H-pyrrole nitrogens is 1. The summed E-state index contributed by atoms with van der Waals surface area (Å²) in [6.45, 7) is 1.80. The molecule has 4 nitrogen and oxygen atoms in total. The minimum Gasteiger partial charge on any atom is -0.493 e. The van der Waals surface area contributed by atoms with Gasteiger partial charge >= 0.3 is 0 Å². The lowest BCUT2D eigenvalue weighted by Gasteiger charge is -2.03. The molecule has 0 aliphatic rings. The second-order valence-corrected chi connectivity index (χ2v) is 3.44. The fourth-order valence-corrected chi connectivity index (χ4v) is 1.54. The molecule has 2 aromatic rings. The monoisotopic (exact) mass is 216 g/mol. The van der Waals surface area contributed by atoms with E-state index in [4.69, 9.17) is 0 Å². The standard InChI is InChI=1S/C12H12N2O2/c1-2-9-11(15)13-10(14-12(9)16)8-6-4-3-5-7-8/h3-7H,2H2,1H3,(H2,13,14,15,16). The Labute approximate surface area is 92.6 Å². The van der Waals surface area contributed by atoms with Crippen molar-refractivity contribution in [2.45, 2.75) is 13.3 Å². The van der Waals surface area contributed by atoms with Crippen molar-refractivity contribution < 1.29 is 5.11 Å². The Bertz CT molecular complexity index is 547. The van der Waals surface area contributed by atoms with Gasteiger partial charge in [-0.2, -0.15) is 4.98 Å². The van der Waals surface area contributed by atoms with Crippen LogP contribution in [-0.4, -0.2) is 15.1 Å². The first kappa shape index (κ1) is 10.4. The van der Waals surface area contributed by atoms with Crippen LogP contribution in [0.3, 0.4) is 0 Å². The molecule has 16 heavy (non-hydrogen) atoms. The Morgan fingerprint density at radius 3 is 2.56 bits per heavy atom. The lowest BCUT2D eigenvalue weighted by Crippen LogP contribution is -2.14. The van der Waals surface area contributed by atoms with Crippen LogP contribution in [0.1, 0.15) is 12.5 Å². The van der Waals surface area contributed by atoms with Crippen LogP contribution in [0.2, 0.25) is 0 Å². The molecule has 2 N–H and O–H groups in total. The third-order valence-electron chi connectivity index (χ3n) is 2.39. The van der Waals surface area contributed by atoms with Crippen LogP contribution in [0.4, 0.5) is 0 Å². The second-order valence-electron chi connectivity index (χ2n) is 3.44. The van der Waals surface area contributed by atoms with Crippen molar-refractivity contribution in [2.24, 2.45) is 0 Å². The van der Waals surface area contributed by atoms with Gasteiger partial charge in [0.15, 0.2) is 0 Å². The summed E-state index contributed by atoms with van der Waals surface area (Å²) in [5.74, 6) is 0.199. The van der Waals surface area contributed by atoms with Crippen molar-refractivity contribution >= 4 is 0 Å². The van der Waals surface area contributed by atoms with Crippen molar-refractivity contribution in [1.29, 1.82) is 0 Å². The van der Waals surface area contributed by atoms with Gasteiger partial charge in [0, 0.05) is 5.56 Å². The molecule has 0 spiro atoms. The highest BCUT2D eigenvalue weighted by Gasteiger charge is 2.09. The number of aromatic nitrogens is 2. The molecule has 0 saturated heterocycles. The molecule has 0 aliphatic carbocycles. The number of nitrogens with zero attached hydrogens (tertiary/aromatic N) is 1. The average Bonchev–Trinajstić information content (AvgIpc) is 2.30. The Morgan fingerprint density at radius 2 is 2.00 bits per heavy atom. The van der Waals surface area contributed by atoms with E-state index in [0.29, 0.717) is 17.8 Å². The second kappa shape index (κ2) is 4.18. The van der Waals surface area contributed by atoms with E-state index in [2.05, 4.69) is 9.97 Å². The highest BCUT2D eigenvalue weighted by molar-refractivity contribution is 5.55. The molecule has 0 radical (unpaired) electrons. The minimum absolute atomic E-state index is 0.190. The molecule has 1 aromatic heterocycles. The maximum absolute atomic E-state index is 11.6. The summed E-state index contributed by atoms with van der Waals surface area (Å²) in [5, 5.41) is 9.60. The number of hydrogen-bond donors (Lipinski definition) is 2. The van der Waals surface area contributed by atoms with Crippen LogP contribution < -0.4 is 5.56 Å². The fourth-order valence-electron chi connectivity index (χ4n) is 1.54. The molecule has 0 atom stereocenters. The van der Waals surface area contributed by atoms with E-state index in [0.717, 1.165) is 5.56 Å². The highest BCUT2D eigenvalue weighted by atomic mass is 16.3. The van der Waals surface area contributed by atoms with Gasteiger partial charge in [-0.1, -0.05) is 37.3 Å². The van der Waals surface area contributed by atoms with E-state index in [-0.39, 0.29) is 11.4 Å². The summed E-state index contributed by atoms with van der Waals surface area (Å²) in [5.41, 5.74) is 0.811. The molecule has 82 valence electrons. The Morgan fingerprint density at radius 1 is 1.31 bits per heavy atom. The van der Waals surface area contributed by atoms with Gasteiger partial charge in [-0.05, 0) is 6.42 Å². The van der Waals surface area contributed by atoms with Crippen LogP contribution in [-0.2, 0) is 6.42 Å². The van der Waals surface area contributed by atoms with E-state index < -0.39 is 0 Å². The van der Waals surface area contributed by atoms with Gasteiger partial charge in [0.25, 0.3) is 5.56 Å². The molecule has 0 fully saturated rings. The van der Waals surface area contributed by atoms with Crippen LogP contribution in [0.5, 0.6) is 5.88 Å². The molecule has 0 bridgehead atoms. The van der Waals surface area contributed by atoms with E-state index in [1.54, 1.807) is 6.92 Å². The molecule has 0 saturated carbocycles. The van der Waals surface area contributed by atoms with Gasteiger partial charge in [-0.3, -0.25) is 4.79 Å². The van der Waals surface area contributed by atoms with Gasteiger partial charge in [0.05, 0.1) is 5.56 Å². The predicted molar refractivity (Wildman–Crippen MR) is 61.3 cm³/mol. The number of benzene rings is 1. The van der Waals surface area contributed by atoms with Crippen LogP contribution in [0, 0.1) is 0 Å². The number of rotatable bonds is 2. The van der Waals surface area contributed by atoms with Crippen molar-refractivity contribution in [2.75, 3.05) is 0 Å². The Kier molecular flexibility index (Phi) is 2.72. The van der Waals surface area contributed by atoms with Crippen molar-refractivity contribution in [1.82, 2.24) is 9.97 Å². The summed E-state index contributed by atoms with van der Waals surface area (Å²) in [7, 11) is 0. The molecule has 0 amide bonds. The maximum Gasteiger partial charge on any atom is 0.258 e. The normalized spacial score (nSPS) is 10.3. The largest absolute Gasteiger partial charge is 0.493 e. The van der Waals surface area contributed by atoms with Crippen molar-refractivity contribution in [3.05, 3.63) is 46.2 Å². The van der Waals surface area contributed by atoms with Gasteiger partial charge in [0.1, 0.15) is 5.82 Å². The first-order valence-corrected chi connectivity index (χ1v) is 5.10. The molecular formula is C12H12N2O2. The van der Waals surface area contributed by atoms with E-state index in [1.807, 2.05) is 30.3 Å². The van der Waals surface area contributed by atoms with Gasteiger partial charge < -0.3 is 10.1 Å². The van der Waals surface area contributed by atoms with E-state index in [1.165, 1.54) is 0 Å². The smallest absolute Gasteiger partial charge is 0.258 e. The number of nitrogens with one attached hydrogen (secondary N) is 1. The summed E-state index contributed by atoms with van der Waals surface area (Å²) in [6, 6.07) is 9.22. The maximum atomic E-state index is 11.6. The minimum atomic E-state index is -0.283. The third kappa shape index (κ3) is 1.82. The number of aromatic amines is 1. The Balaban J connectivity index is 2.57. The SMILES string of the molecule is CCc1c(O)nc(-c2ccccc2)[nH]c1=O. The first-order valence-electron chi connectivity index (χ1n) is 5.10. The van der Waals surface area contributed by atoms with Gasteiger partial charge in [-0.15, -0.1) is 0 Å². The summed E-state index contributed by atoms with van der Waals surface area (Å²) < 4.78 is 0. The lowest BCUT2D eigenvalue weighted by molar-refractivity contribution is 0.444. The zero-order chi connectivity index (χ0) is 11.5. The highest BCUT2D eigenvalue weighted by Crippen LogP contribution is 2.17. The predicted octanol–water partition coefficient (Wildman–Crippen LogP) is 1.70. The quantitative estimate of drug-likeness (QED) is 0.803. The third-order valence-corrected chi connectivity index (χ3v) is 2.39. The summed E-state index contributed by atoms with van der Waals surface area (Å²) in [6.07, 6.45) is 0.462. The zero-order valence-corrected chi connectivity index (χ0v) is 8.90. The van der Waals surface area contributed by atoms with Gasteiger partial charge in [-0.25, -0.2) is 0 Å². The summed E-state index contributed by atoms with van der Waals surface area (Å²) in [4.78, 5) is 18.2. The molecule has 1 heterocycles. The topological polar surface area (TPSA) is 66.0 Å². The van der Waals surface area contributed by atoms with Crippen LogP contribution in [0.25, 0.3) is 11.4 Å². The zero-order valence-electron chi connectivity index (χ0n) is 8.90. The van der Waals surface area contributed by atoms with E-state index >= 15 is 0 Å². The molecule has 2 rings (SSSR count).